The zero-order valence-electron chi connectivity index (χ0n) is 15.3. The first kappa shape index (κ1) is 18.7. The van der Waals surface area contributed by atoms with Gasteiger partial charge in [-0.05, 0) is 37.6 Å². The Labute approximate surface area is 161 Å². The van der Waals surface area contributed by atoms with Crippen molar-refractivity contribution in [1.82, 2.24) is 9.97 Å². The summed E-state index contributed by atoms with van der Waals surface area (Å²) in [7, 11) is 0. The van der Waals surface area contributed by atoms with Gasteiger partial charge in [-0.1, -0.05) is 23.8 Å². The Morgan fingerprint density at radius 3 is 2.67 bits per heavy atom. The van der Waals surface area contributed by atoms with Crippen molar-refractivity contribution < 1.29 is 14.3 Å². The lowest BCUT2D eigenvalue weighted by atomic mass is 10.1. The topological polar surface area (TPSA) is 72.4 Å². The number of benzene rings is 1. The van der Waals surface area contributed by atoms with Crippen LogP contribution in [0, 0.1) is 13.8 Å². The predicted octanol–water partition coefficient (Wildman–Crippen LogP) is 4.20. The minimum Gasteiger partial charge on any atom is -0.454 e. The van der Waals surface area contributed by atoms with Gasteiger partial charge in [-0.3, -0.25) is 9.69 Å². The van der Waals surface area contributed by atoms with E-state index in [2.05, 4.69) is 9.97 Å². The summed E-state index contributed by atoms with van der Waals surface area (Å²) < 4.78 is 5.25. The molecule has 0 atom stereocenters. The van der Waals surface area contributed by atoms with E-state index in [-0.39, 0.29) is 18.2 Å². The quantitative estimate of drug-likeness (QED) is 0.620. The monoisotopic (exact) mass is 381 g/mol. The van der Waals surface area contributed by atoms with Crippen molar-refractivity contribution in [2.45, 2.75) is 27.4 Å². The Kier molecular flexibility index (Phi) is 5.61. The van der Waals surface area contributed by atoms with E-state index >= 15 is 0 Å². The fourth-order valence-corrected chi connectivity index (χ4v) is 3.49. The van der Waals surface area contributed by atoms with E-state index in [0.717, 1.165) is 16.8 Å². The first-order valence-electron chi connectivity index (χ1n) is 8.36. The number of pyridine rings is 1. The molecule has 6 nitrogen and oxygen atoms in total. The van der Waals surface area contributed by atoms with Gasteiger partial charge in [0, 0.05) is 18.5 Å². The summed E-state index contributed by atoms with van der Waals surface area (Å²) in [6.45, 7) is 5.49. The maximum atomic E-state index is 12.2. The summed E-state index contributed by atoms with van der Waals surface area (Å²) in [5, 5.41) is 2.32. The lowest BCUT2D eigenvalue weighted by molar-refractivity contribution is -0.115. The molecule has 3 aromatic rings. The molecule has 0 radical (unpaired) electrons. The van der Waals surface area contributed by atoms with Crippen LogP contribution in [-0.2, 0) is 16.1 Å². The van der Waals surface area contributed by atoms with Gasteiger partial charge < -0.3 is 4.74 Å². The van der Waals surface area contributed by atoms with E-state index < -0.39 is 5.97 Å². The highest BCUT2D eigenvalue weighted by molar-refractivity contribution is 7.14. The molecule has 138 valence electrons. The number of carbonyl (C=O) groups excluding carboxylic acids is 2. The zero-order valence-corrected chi connectivity index (χ0v) is 16.1. The van der Waals surface area contributed by atoms with Gasteiger partial charge in [0.05, 0.1) is 11.4 Å². The minimum atomic E-state index is -0.511. The normalized spacial score (nSPS) is 10.5. The molecule has 3 rings (SSSR count). The molecule has 0 aliphatic heterocycles. The Morgan fingerprint density at radius 2 is 2.00 bits per heavy atom. The van der Waals surface area contributed by atoms with E-state index in [1.165, 1.54) is 24.5 Å². The summed E-state index contributed by atoms with van der Waals surface area (Å²) >= 11 is 1.33. The second kappa shape index (κ2) is 8.09. The lowest BCUT2D eigenvalue weighted by Crippen LogP contribution is -2.23. The number of aryl methyl sites for hydroxylation is 2. The molecule has 0 saturated carbocycles. The van der Waals surface area contributed by atoms with E-state index in [1.54, 1.807) is 28.5 Å². The van der Waals surface area contributed by atoms with Crippen LogP contribution in [0.5, 0.6) is 0 Å². The third kappa shape index (κ3) is 4.38. The molecular formula is C20H19N3O3S. The second-order valence-corrected chi connectivity index (χ2v) is 6.89. The first-order chi connectivity index (χ1) is 13.0. The fraction of sp³-hybridized carbons (Fsp3) is 0.200. The highest BCUT2D eigenvalue weighted by atomic mass is 32.1. The minimum absolute atomic E-state index is 0.0184. The number of hydrogen-bond donors (Lipinski definition) is 0. The summed E-state index contributed by atoms with van der Waals surface area (Å²) in [6, 6.07) is 10.9. The molecule has 7 heteroatoms. The summed E-state index contributed by atoms with van der Waals surface area (Å²) in [4.78, 5) is 34.2. The number of ether oxygens (including phenoxy) is 1. The first-order valence-corrected chi connectivity index (χ1v) is 9.24. The molecule has 1 aromatic carbocycles. The van der Waals surface area contributed by atoms with Gasteiger partial charge in [0.1, 0.15) is 12.3 Å². The van der Waals surface area contributed by atoms with E-state index in [0.29, 0.717) is 10.8 Å². The smallest absolute Gasteiger partial charge is 0.357 e. The number of carbonyl (C=O) groups is 2. The largest absolute Gasteiger partial charge is 0.454 e. The maximum Gasteiger partial charge on any atom is 0.357 e. The molecule has 2 heterocycles. The van der Waals surface area contributed by atoms with Gasteiger partial charge in [-0.25, -0.2) is 14.8 Å². The van der Waals surface area contributed by atoms with Crippen molar-refractivity contribution in [2.24, 2.45) is 0 Å². The second-order valence-electron chi connectivity index (χ2n) is 6.06. The third-order valence-corrected chi connectivity index (χ3v) is 4.74. The van der Waals surface area contributed by atoms with Gasteiger partial charge in [0.25, 0.3) is 0 Å². The summed E-state index contributed by atoms with van der Waals surface area (Å²) in [5.74, 6) is -0.642. The molecule has 0 unspecified atom stereocenters. The Balaban J connectivity index is 1.76. The number of rotatable bonds is 5. The highest BCUT2D eigenvalue weighted by Crippen LogP contribution is 2.31. The Hall–Kier alpha value is -3.06. The predicted molar refractivity (Wildman–Crippen MR) is 104 cm³/mol. The van der Waals surface area contributed by atoms with E-state index in [9.17, 15) is 9.59 Å². The SMILES string of the molecule is CC(=O)N(c1nc(COC(=O)c2ccccn2)cs1)c1ccc(C)cc1C. The number of thiazole rings is 1. The Bertz CT molecular complexity index is 970. The number of amides is 1. The van der Waals surface area contributed by atoms with Gasteiger partial charge in [-0.15, -0.1) is 11.3 Å². The molecular weight excluding hydrogens is 362 g/mol. The molecule has 2 aromatic heterocycles. The van der Waals surface area contributed by atoms with Crippen LogP contribution in [0.25, 0.3) is 0 Å². The number of anilines is 2. The van der Waals surface area contributed by atoms with Crippen molar-refractivity contribution in [2.75, 3.05) is 4.90 Å². The van der Waals surface area contributed by atoms with Crippen molar-refractivity contribution >= 4 is 34.0 Å². The van der Waals surface area contributed by atoms with Gasteiger partial charge >= 0.3 is 5.97 Å². The number of hydrogen-bond acceptors (Lipinski definition) is 6. The van der Waals surface area contributed by atoms with Crippen LogP contribution in [0.3, 0.4) is 0 Å². The summed E-state index contributed by atoms with van der Waals surface area (Å²) in [5.41, 5.74) is 3.73. The maximum absolute atomic E-state index is 12.2. The summed E-state index contributed by atoms with van der Waals surface area (Å²) in [6.07, 6.45) is 1.53. The molecule has 0 fully saturated rings. The van der Waals surface area contributed by atoms with Crippen LogP contribution < -0.4 is 4.90 Å². The fourth-order valence-electron chi connectivity index (χ4n) is 2.63. The van der Waals surface area contributed by atoms with Gasteiger partial charge in [0.15, 0.2) is 5.13 Å². The van der Waals surface area contributed by atoms with Crippen LogP contribution >= 0.6 is 11.3 Å². The number of aromatic nitrogens is 2. The van der Waals surface area contributed by atoms with Crippen LogP contribution in [0.2, 0.25) is 0 Å². The molecule has 0 spiro atoms. The van der Waals surface area contributed by atoms with Crippen LogP contribution in [0.1, 0.15) is 34.2 Å². The van der Waals surface area contributed by atoms with E-state index in [4.69, 9.17) is 4.74 Å². The Morgan fingerprint density at radius 1 is 1.19 bits per heavy atom. The molecule has 0 aliphatic rings. The standard InChI is InChI=1S/C20H19N3O3S/c1-13-7-8-18(14(2)10-13)23(15(3)24)20-22-16(12-27-20)11-26-19(25)17-6-4-5-9-21-17/h4-10,12H,11H2,1-3H3. The molecule has 1 amide bonds. The number of nitrogens with zero attached hydrogens (tertiary/aromatic N) is 3. The lowest BCUT2D eigenvalue weighted by Gasteiger charge is -2.20. The molecule has 27 heavy (non-hydrogen) atoms. The molecule has 0 saturated heterocycles. The van der Waals surface area contributed by atoms with Crippen LogP contribution in [0.4, 0.5) is 10.8 Å². The molecule has 0 aliphatic carbocycles. The van der Waals surface area contributed by atoms with Crippen molar-refractivity contribution in [3.63, 3.8) is 0 Å². The zero-order chi connectivity index (χ0) is 19.4. The van der Waals surface area contributed by atoms with Gasteiger partial charge in [0.2, 0.25) is 5.91 Å². The average molecular weight is 381 g/mol. The van der Waals surface area contributed by atoms with Crippen molar-refractivity contribution in [3.05, 3.63) is 70.5 Å². The molecule has 0 bridgehead atoms. The average Bonchev–Trinajstić information content (AvgIpc) is 3.10. The van der Waals surface area contributed by atoms with Crippen molar-refractivity contribution in [3.8, 4) is 0 Å². The van der Waals surface area contributed by atoms with Crippen molar-refractivity contribution in [1.29, 1.82) is 0 Å². The van der Waals surface area contributed by atoms with Gasteiger partial charge in [-0.2, -0.15) is 0 Å². The highest BCUT2D eigenvalue weighted by Gasteiger charge is 2.20. The van der Waals surface area contributed by atoms with Crippen LogP contribution in [0.15, 0.2) is 48.0 Å². The molecule has 0 N–H and O–H groups in total. The van der Waals surface area contributed by atoms with Crippen LogP contribution in [-0.4, -0.2) is 21.8 Å². The number of esters is 1. The third-order valence-electron chi connectivity index (χ3n) is 3.86. The van der Waals surface area contributed by atoms with E-state index in [1.807, 2.05) is 32.0 Å².